The summed E-state index contributed by atoms with van der Waals surface area (Å²) in [6, 6.07) is 3.63. The van der Waals surface area contributed by atoms with Crippen LogP contribution >= 0.6 is 0 Å². The van der Waals surface area contributed by atoms with Crippen LogP contribution in [0.3, 0.4) is 0 Å². The molecule has 2 N–H and O–H groups in total. The molecule has 0 radical (unpaired) electrons. The molecule has 0 heterocycles. The number of benzene rings is 1. The zero-order valence-corrected chi connectivity index (χ0v) is 9.72. The lowest BCUT2D eigenvalue weighted by molar-refractivity contribution is -0.118. The van der Waals surface area contributed by atoms with Gasteiger partial charge in [-0.1, -0.05) is 12.5 Å². The molecule has 1 aromatic rings. The van der Waals surface area contributed by atoms with Crippen LogP contribution in [0.1, 0.15) is 31.2 Å². The van der Waals surface area contributed by atoms with Gasteiger partial charge in [0, 0.05) is 18.4 Å². The van der Waals surface area contributed by atoms with Crippen molar-refractivity contribution >= 4 is 5.78 Å². The van der Waals surface area contributed by atoms with Crippen molar-refractivity contribution in [3.8, 4) is 0 Å². The molecule has 0 amide bonds. The molecule has 0 spiro atoms. The molecule has 0 aromatic heterocycles. The predicted molar refractivity (Wildman–Crippen MR) is 62.6 cm³/mol. The Morgan fingerprint density at radius 3 is 2.35 bits per heavy atom. The second-order valence-electron chi connectivity index (χ2n) is 4.01. The number of rotatable bonds is 7. The number of nitrogens with two attached hydrogens (primary N) is 1. The van der Waals surface area contributed by atoms with Crippen LogP contribution in [-0.4, -0.2) is 12.3 Å². The van der Waals surface area contributed by atoms with Crippen molar-refractivity contribution in [1.82, 2.24) is 0 Å². The summed E-state index contributed by atoms with van der Waals surface area (Å²) >= 11 is 0. The molecule has 0 aliphatic heterocycles. The number of unbranched alkanes of at least 4 members (excludes halogenated alkanes) is 2. The lowest BCUT2D eigenvalue weighted by Crippen LogP contribution is -2.07. The summed E-state index contributed by atoms with van der Waals surface area (Å²) < 4.78 is 26.5. The van der Waals surface area contributed by atoms with Gasteiger partial charge < -0.3 is 5.73 Å². The third-order valence-corrected chi connectivity index (χ3v) is 2.60. The van der Waals surface area contributed by atoms with E-state index in [1.165, 1.54) is 18.2 Å². The molecule has 0 unspecified atom stereocenters. The van der Waals surface area contributed by atoms with Gasteiger partial charge in [-0.05, 0) is 31.5 Å². The van der Waals surface area contributed by atoms with Crippen LogP contribution in [0.4, 0.5) is 8.78 Å². The van der Waals surface area contributed by atoms with Gasteiger partial charge >= 0.3 is 0 Å². The molecule has 0 fully saturated rings. The molecule has 0 aliphatic rings. The first-order valence-corrected chi connectivity index (χ1v) is 5.80. The van der Waals surface area contributed by atoms with Crippen LogP contribution in [0, 0.1) is 11.6 Å². The standard InChI is InChI=1S/C13H17F2NO/c14-12-6-4-7-13(15)11(12)9-10(17)5-2-1-3-8-16/h4,6-7H,1-3,5,8-9,16H2. The summed E-state index contributed by atoms with van der Waals surface area (Å²) in [6.07, 6.45) is 2.67. The van der Waals surface area contributed by atoms with E-state index in [0.29, 0.717) is 13.0 Å². The minimum absolute atomic E-state index is 0.128. The molecule has 0 saturated heterocycles. The van der Waals surface area contributed by atoms with E-state index in [9.17, 15) is 13.6 Å². The Morgan fingerprint density at radius 2 is 1.76 bits per heavy atom. The molecule has 0 bridgehead atoms. The number of hydrogen-bond donors (Lipinski definition) is 1. The molecule has 0 atom stereocenters. The lowest BCUT2D eigenvalue weighted by Gasteiger charge is -2.04. The number of halogens is 2. The average Bonchev–Trinajstić information content (AvgIpc) is 2.30. The van der Waals surface area contributed by atoms with Gasteiger partial charge in [0.15, 0.2) is 0 Å². The minimum Gasteiger partial charge on any atom is -0.330 e. The zero-order chi connectivity index (χ0) is 12.7. The quantitative estimate of drug-likeness (QED) is 0.746. The van der Waals surface area contributed by atoms with Crippen LogP contribution in [0.15, 0.2) is 18.2 Å². The lowest BCUT2D eigenvalue weighted by atomic mass is 10.0. The predicted octanol–water partition coefficient (Wildman–Crippen LogP) is 2.60. The smallest absolute Gasteiger partial charge is 0.137 e. The third kappa shape index (κ3) is 4.61. The molecule has 17 heavy (non-hydrogen) atoms. The van der Waals surface area contributed by atoms with Crippen molar-refractivity contribution < 1.29 is 13.6 Å². The minimum atomic E-state index is -0.652. The van der Waals surface area contributed by atoms with Gasteiger partial charge in [-0.25, -0.2) is 8.78 Å². The highest BCUT2D eigenvalue weighted by Gasteiger charge is 2.12. The van der Waals surface area contributed by atoms with Crippen molar-refractivity contribution in [3.05, 3.63) is 35.4 Å². The molecule has 0 saturated carbocycles. The molecular formula is C13H17F2NO. The number of hydrogen-bond acceptors (Lipinski definition) is 2. The fourth-order valence-electron chi connectivity index (χ4n) is 1.63. The van der Waals surface area contributed by atoms with Crippen LogP contribution < -0.4 is 5.73 Å². The average molecular weight is 241 g/mol. The van der Waals surface area contributed by atoms with Crippen LogP contribution in [0.25, 0.3) is 0 Å². The summed E-state index contributed by atoms with van der Waals surface area (Å²) in [5.74, 6) is -1.44. The Morgan fingerprint density at radius 1 is 1.12 bits per heavy atom. The maximum Gasteiger partial charge on any atom is 0.137 e. The van der Waals surface area contributed by atoms with Crippen LogP contribution in [0.2, 0.25) is 0 Å². The van der Waals surface area contributed by atoms with Gasteiger partial charge in [-0.3, -0.25) is 4.79 Å². The van der Waals surface area contributed by atoms with E-state index >= 15 is 0 Å². The summed E-state index contributed by atoms with van der Waals surface area (Å²) in [5, 5.41) is 0. The monoisotopic (exact) mass is 241 g/mol. The Bertz CT molecular complexity index is 359. The second kappa shape index (κ2) is 7.12. The summed E-state index contributed by atoms with van der Waals surface area (Å²) in [6.45, 7) is 0.607. The van der Waals surface area contributed by atoms with Crippen molar-refractivity contribution in [1.29, 1.82) is 0 Å². The normalized spacial score (nSPS) is 10.5. The summed E-state index contributed by atoms with van der Waals surface area (Å²) in [5.41, 5.74) is 5.20. The second-order valence-corrected chi connectivity index (χ2v) is 4.01. The highest BCUT2D eigenvalue weighted by Crippen LogP contribution is 2.14. The number of carbonyl (C=O) groups excluding carboxylic acids is 1. The first kappa shape index (κ1) is 13.8. The van der Waals surface area contributed by atoms with Crippen molar-refractivity contribution in [3.63, 3.8) is 0 Å². The SMILES string of the molecule is NCCCCCC(=O)Cc1c(F)cccc1F. The van der Waals surface area contributed by atoms with Crippen LogP contribution in [0.5, 0.6) is 0 Å². The topological polar surface area (TPSA) is 43.1 Å². The molecule has 4 heteroatoms. The highest BCUT2D eigenvalue weighted by molar-refractivity contribution is 5.80. The van der Waals surface area contributed by atoms with Gasteiger partial charge in [0.25, 0.3) is 0 Å². The first-order valence-electron chi connectivity index (χ1n) is 5.80. The first-order chi connectivity index (χ1) is 8.15. The van der Waals surface area contributed by atoms with E-state index in [0.717, 1.165) is 19.3 Å². The molecule has 1 aromatic carbocycles. The van der Waals surface area contributed by atoms with E-state index in [1.54, 1.807) is 0 Å². The van der Waals surface area contributed by atoms with Gasteiger partial charge in [0.05, 0.1) is 0 Å². The van der Waals surface area contributed by atoms with E-state index in [1.807, 2.05) is 0 Å². The van der Waals surface area contributed by atoms with Crippen molar-refractivity contribution in [2.45, 2.75) is 32.1 Å². The largest absolute Gasteiger partial charge is 0.330 e. The van der Waals surface area contributed by atoms with E-state index in [4.69, 9.17) is 5.73 Å². The van der Waals surface area contributed by atoms with Gasteiger partial charge in [-0.15, -0.1) is 0 Å². The highest BCUT2D eigenvalue weighted by atomic mass is 19.1. The molecule has 2 nitrogen and oxygen atoms in total. The Kier molecular flexibility index (Phi) is 5.77. The van der Waals surface area contributed by atoms with E-state index in [-0.39, 0.29) is 17.8 Å². The summed E-state index contributed by atoms with van der Waals surface area (Å²) in [4.78, 5) is 11.5. The number of ketones is 1. The Labute approximate surface area is 99.8 Å². The third-order valence-electron chi connectivity index (χ3n) is 2.60. The molecule has 94 valence electrons. The molecule has 0 aliphatic carbocycles. The maximum absolute atomic E-state index is 13.2. The van der Waals surface area contributed by atoms with Gasteiger partial charge in [-0.2, -0.15) is 0 Å². The number of carbonyl (C=O) groups is 1. The Balaban J connectivity index is 2.45. The zero-order valence-electron chi connectivity index (χ0n) is 9.72. The van der Waals surface area contributed by atoms with Crippen LogP contribution in [-0.2, 0) is 11.2 Å². The van der Waals surface area contributed by atoms with Gasteiger partial charge in [0.1, 0.15) is 17.4 Å². The maximum atomic E-state index is 13.2. The fourth-order valence-corrected chi connectivity index (χ4v) is 1.63. The fraction of sp³-hybridized carbons (Fsp3) is 0.462. The van der Waals surface area contributed by atoms with E-state index in [2.05, 4.69) is 0 Å². The number of Topliss-reactive ketones (excluding diaryl/α,β-unsaturated/α-hetero) is 1. The van der Waals surface area contributed by atoms with E-state index < -0.39 is 11.6 Å². The summed E-state index contributed by atoms with van der Waals surface area (Å²) in [7, 11) is 0. The van der Waals surface area contributed by atoms with Gasteiger partial charge in [0.2, 0.25) is 0 Å². The molecule has 1 rings (SSSR count). The van der Waals surface area contributed by atoms with Crippen molar-refractivity contribution in [2.24, 2.45) is 5.73 Å². The Hall–Kier alpha value is -1.29. The van der Waals surface area contributed by atoms with Crippen molar-refractivity contribution in [2.75, 3.05) is 6.54 Å². The molecular weight excluding hydrogens is 224 g/mol.